The van der Waals surface area contributed by atoms with Crippen LogP contribution in [-0.4, -0.2) is 22.3 Å². The molecule has 4 nitrogen and oxygen atoms in total. The van der Waals surface area contributed by atoms with E-state index in [1.54, 1.807) is 4.90 Å². The largest absolute Gasteiger partial charge is 0.290 e. The third kappa shape index (κ3) is 1.98. The van der Waals surface area contributed by atoms with Gasteiger partial charge in [0.25, 0.3) is 0 Å². The van der Waals surface area contributed by atoms with Crippen molar-refractivity contribution in [2.24, 2.45) is 0 Å². The molecule has 1 heterocycles. The summed E-state index contributed by atoms with van der Waals surface area (Å²) in [6.07, 6.45) is 3.16. The van der Waals surface area contributed by atoms with Crippen LogP contribution in [0.1, 0.15) is 13.3 Å². The van der Waals surface area contributed by atoms with Crippen molar-refractivity contribution in [3.05, 3.63) is 6.33 Å². The summed E-state index contributed by atoms with van der Waals surface area (Å²) in [5.41, 5.74) is 0. The van der Waals surface area contributed by atoms with Crippen molar-refractivity contribution in [3.63, 3.8) is 0 Å². The van der Waals surface area contributed by atoms with Crippen LogP contribution in [0.3, 0.4) is 0 Å². The number of nitrogens with zero attached hydrogens (tertiary/aromatic N) is 3. The third-order valence-electron chi connectivity index (χ3n) is 1.19. The fraction of sp³-hybridized carbons (Fsp3) is 0.500. The highest BCUT2D eigenvalue weighted by Crippen LogP contribution is 2.12. The van der Waals surface area contributed by atoms with Gasteiger partial charge in [0.15, 0.2) is 0 Å². The molecule has 5 heteroatoms. The van der Waals surface area contributed by atoms with E-state index in [1.165, 1.54) is 17.9 Å². The van der Waals surface area contributed by atoms with E-state index in [9.17, 15) is 4.79 Å². The minimum Gasteiger partial charge on any atom is -0.290 e. The number of amides is 1. The summed E-state index contributed by atoms with van der Waals surface area (Å²) in [5.74, 6) is 0. The molecule has 0 aliphatic heterocycles. The van der Waals surface area contributed by atoms with Crippen molar-refractivity contribution in [2.45, 2.75) is 13.3 Å². The normalized spacial score (nSPS) is 9.55. The zero-order valence-electron chi connectivity index (χ0n) is 6.23. The quantitative estimate of drug-likeness (QED) is 0.632. The smallest absolute Gasteiger partial charge is 0.215 e. The highest BCUT2D eigenvalue weighted by atomic mass is 32.1. The number of rotatable bonds is 4. The third-order valence-corrected chi connectivity index (χ3v) is 1.89. The molecule has 0 radical (unpaired) electrons. The lowest BCUT2D eigenvalue weighted by Crippen LogP contribution is -2.21. The Bertz CT molecular complexity index is 212. The molecule has 0 atom stereocenters. The van der Waals surface area contributed by atoms with Crippen molar-refractivity contribution in [1.82, 2.24) is 9.36 Å². The number of hydrogen-bond acceptors (Lipinski definition) is 4. The second-order valence-corrected chi connectivity index (χ2v) is 2.78. The van der Waals surface area contributed by atoms with Crippen LogP contribution in [-0.2, 0) is 4.79 Å². The standard InChI is InChI=1S/C6H9N3OS/c1-2-3-9(5-10)6-7-4-8-11-6/h4-5H,2-3H2,1H3. The van der Waals surface area contributed by atoms with E-state index in [4.69, 9.17) is 0 Å². The maximum Gasteiger partial charge on any atom is 0.215 e. The van der Waals surface area contributed by atoms with Gasteiger partial charge in [0, 0.05) is 18.1 Å². The molecular formula is C6H9N3OS. The number of anilines is 1. The van der Waals surface area contributed by atoms with Gasteiger partial charge in [-0.05, 0) is 6.42 Å². The van der Waals surface area contributed by atoms with Gasteiger partial charge in [-0.15, -0.1) is 0 Å². The van der Waals surface area contributed by atoms with E-state index >= 15 is 0 Å². The average molecular weight is 171 g/mol. The highest BCUT2D eigenvalue weighted by Gasteiger charge is 2.05. The Labute approximate surface area is 69.0 Å². The van der Waals surface area contributed by atoms with Gasteiger partial charge < -0.3 is 0 Å². The molecule has 0 aromatic carbocycles. The second kappa shape index (κ2) is 4.02. The predicted octanol–water partition coefficient (Wildman–Crippen LogP) is 0.911. The van der Waals surface area contributed by atoms with Crippen molar-refractivity contribution in [1.29, 1.82) is 0 Å². The first-order chi connectivity index (χ1) is 5.38. The molecule has 11 heavy (non-hydrogen) atoms. The molecule has 0 spiro atoms. The van der Waals surface area contributed by atoms with Gasteiger partial charge in [0.05, 0.1) is 0 Å². The summed E-state index contributed by atoms with van der Waals surface area (Å²) in [6, 6.07) is 0. The van der Waals surface area contributed by atoms with Crippen molar-refractivity contribution in [2.75, 3.05) is 11.4 Å². The molecule has 1 aromatic heterocycles. The first-order valence-electron chi connectivity index (χ1n) is 3.37. The van der Waals surface area contributed by atoms with Crippen LogP contribution in [0.4, 0.5) is 5.13 Å². The highest BCUT2D eigenvalue weighted by molar-refractivity contribution is 7.09. The summed E-state index contributed by atoms with van der Waals surface area (Å²) in [6.45, 7) is 2.72. The lowest BCUT2D eigenvalue weighted by Gasteiger charge is -2.10. The fourth-order valence-electron chi connectivity index (χ4n) is 0.728. The van der Waals surface area contributed by atoms with Gasteiger partial charge in [0.1, 0.15) is 6.33 Å². The Morgan fingerprint density at radius 2 is 2.64 bits per heavy atom. The van der Waals surface area contributed by atoms with Crippen molar-refractivity contribution < 1.29 is 4.79 Å². The maximum absolute atomic E-state index is 10.5. The van der Waals surface area contributed by atoms with Crippen LogP contribution in [0.25, 0.3) is 0 Å². The van der Waals surface area contributed by atoms with Gasteiger partial charge in [-0.3, -0.25) is 9.69 Å². The van der Waals surface area contributed by atoms with Crippen molar-refractivity contribution >= 4 is 23.1 Å². The number of carbonyl (C=O) groups is 1. The van der Waals surface area contributed by atoms with E-state index in [1.807, 2.05) is 6.92 Å². The molecule has 1 aromatic rings. The number of carbonyl (C=O) groups excluding carboxylic acids is 1. The van der Waals surface area contributed by atoms with Gasteiger partial charge in [-0.2, -0.15) is 4.37 Å². The molecule has 1 rings (SSSR count). The van der Waals surface area contributed by atoms with Crippen LogP contribution in [0.2, 0.25) is 0 Å². The van der Waals surface area contributed by atoms with Crippen molar-refractivity contribution in [3.8, 4) is 0 Å². The van der Waals surface area contributed by atoms with E-state index in [-0.39, 0.29) is 0 Å². The summed E-state index contributed by atoms with van der Waals surface area (Å²) >= 11 is 1.23. The molecule has 60 valence electrons. The zero-order chi connectivity index (χ0) is 8.10. The first-order valence-corrected chi connectivity index (χ1v) is 4.14. The molecule has 0 saturated heterocycles. The van der Waals surface area contributed by atoms with Crippen LogP contribution in [0, 0.1) is 0 Å². The minimum atomic E-state index is 0.668. The monoisotopic (exact) mass is 171 g/mol. The topological polar surface area (TPSA) is 46.1 Å². The second-order valence-electron chi connectivity index (χ2n) is 2.02. The molecule has 0 aliphatic carbocycles. The first kappa shape index (κ1) is 8.13. The van der Waals surface area contributed by atoms with E-state index in [0.717, 1.165) is 12.8 Å². The van der Waals surface area contributed by atoms with E-state index in [0.29, 0.717) is 11.7 Å². The molecule has 1 amide bonds. The molecular weight excluding hydrogens is 162 g/mol. The SMILES string of the molecule is CCCN(C=O)c1ncns1. The fourth-order valence-corrected chi connectivity index (χ4v) is 1.25. The molecule has 0 N–H and O–H groups in total. The maximum atomic E-state index is 10.5. The lowest BCUT2D eigenvalue weighted by atomic mass is 10.5. The Morgan fingerprint density at radius 1 is 1.82 bits per heavy atom. The Kier molecular flexibility index (Phi) is 2.97. The van der Waals surface area contributed by atoms with Gasteiger partial charge in [-0.1, -0.05) is 6.92 Å². The van der Waals surface area contributed by atoms with Crippen LogP contribution < -0.4 is 4.90 Å². The van der Waals surface area contributed by atoms with Crippen LogP contribution in [0.5, 0.6) is 0 Å². The van der Waals surface area contributed by atoms with Gasteiger partial charge in [0.2, 0.25) is 11.5 Å². The van der Waals surface area contributed by atoms with Crippen LogP contribution >= 0.6 is 11.5 Å². The summed E-state index contributed by atoms with van der Waals surface area (Å²) in [5, 5.41) is 0.668. The minimum absolute atomic E-state index is 0.668. The van der Waals surface area contributed by atoms with Gasteiger partial charge >= 0.3 is 0 Å². The number of hydrogen-bond donors (Lipinski definition) is 0. The van der Waals surface area contributed by atoms with E-state index in [2.05, 4.69) is 9.36 Å². The van der Waals surface area contributed by atoms with E-state index < -0.39 is 0 Å². The Hall–Kier alpha value is -0.970. The Balaban J connectivity index is 2.63. The molecule has 0 aliphatic rings. The zero-order valence-corrected chi connectivity index (χ0v) is 7.04. The summed E-state index contributed by atoms with van der Waals surface area (Å²) in [7, 11) is 0. The molecule has 0 unspecified atom stereocenters. The lowest BCUT2D eigenvalue weighted by molar-refractivity contribution is -0.107. The summed E-state index contributed by atoms with van der Waals surface area (Å²) in [4.78, 5) is 15.9. The Morgan fingerprint density at radius 3 is 3.09 bits per heavy atom. The van der Waals surface area contributed by atoms with Crippen LogP contribution in [0.15, 0.2) is 6.33 Å². The van der Waals surface area contributed by atoms with Gasteiger partial charge in [-0.25, -0.2) is 4.98 Å². The molecule has 0 bridgehead atoms. The molecule has 0 fully saturated rings. The molecule has 0 saturated carbocycles. The average Bonchev–Trinajstić information content (AvgIpc) is 2.52. The number of aromatic nitrogens is 2. The predicted molar refractivity (Wildman–Crippen MR) is 43.6 cm³/mol. The summed E-state index contributed by atoms with van der Waals surface area (Å²) < 4.78 is 3.80.